The monoisotopic (exact) mass is 546 g/mol. The fraction of sp³-hybridized carbons (Fsp3) is 0.538. The molecule has 0 saturated carbocycles. The van der Waals surface area contributed by atoms with E-state index in [1.54, 1.807) is 0 Å². The molecule has 12 heteroatoms. The molecule has 11 nitrogen and oxygen atoms in total. The molecule has 1 fully saturated rings. The molecule has 0 N–H and O–H groups in total. The van der Waals surface area contributed by atoms with Gasteiger partial charge in [-0.15, -0.1) is 0 Å². The summed E-state index contributed by atoms with van der Waals surface area (Å²) >= 11 is 0. The lowest BCUT2D eigenvalue weighted by atomic mass is 9.70. The Morgan fingerprint density at radius 3 is 2.24 bits per heavy atom. The molecule has 38 heavy (non-hydrogen) atoms. The standard InChI is InChI=1S/C26H34N2O9Si/c1-24(2,3)38(6,7)37-21-20(35-22(30)32-4)25(13-14-26(21,17-27)36-23(31)33-5)15-19(29)28(25)34-16-18-11-9-8-10-12-18/h8-14,20-21H,15-16H2,1-7H3/t20-,21+,25+,26-/m1/s1. The number of ether oxygens (including phenoxy) is 4. The fourth-order valence-electron chi connectivity index (χ4n) is 4.07. The average Bonchev–Trinajstić information content (AvgIpc) is 2.86. The van der Waals surface area contributed by atoms with Gasteiger partial charge in [0.1, 0.15) is 24.3 Å². The topological polar surface area (TPSA) is 134 Å². The molecule has 1 spiro atoms. The van der Waals surface area contributed by atoms with Crippen molar-refractivity contribution in [3.8, 4) is 6.07 Å². The number of carbonyl (C=O) groups is 3. The van der Waals surface area contributed by atoms with Gasteiger partial charge < -0.3 is 23.4 Å². The SMILES string of the molecule is COC(=O)O[C@@H]1[C@H](O[Si](C)(C)C(C)(C)C)[C@@](C#N)(OC(=O)OC)C=C[C@]12CC(=O)N2OCc1ccccc1. The van der Waals surface area contributed by atoms with E-state index < -0.39 is 44.0 Å². The Labute approximate surface area is 223 Å². The van der Waals surface area contributed by atoms with Gasteiger partial charge in [0.25, 0.3) is 0 Å². The molecular formula is C26H34N2O9Si. The molecular weight excluding hydrogens is 512 g/mol. The highest BCUT2D eigenvalue weighted by molar-refractivity contribution is 6.74. The van der Waals surface area contributed by atoms with Crippen LogP contribution in [0, 0.1) is 11.3 Å². The number of β-lactam (4-membered cyclic amide) rings is 1. The van der Waals surface area contributed by atoms with Gasteiger partial charge in [0.05, 0.1) is 20.6 Å². The molecule has 1 aromatic rings. The van der Waals surface area contributed by atoms with Crippen molar-refractivity contribution in [2.24, 2.45) is 0 Å². The lowest BCUT2D eigenvalue weighted by Crippen LogP contribution is -2.76. The molecule has 0 unspecified atom stereocenters. The number of amides is 1. The molecule has 1 aliphatic heterocycles. The first-order chi connectivity index (χ1) is 17.7. The summed E-state index contributed by atoms with van der Waals surface area (Å²) in [7, 11) is -0.474. The lowest BCUT2D eigenvalue weighted by Gasteiger charge is -2.57. The predicted octanol–water partition coefficient (Wildman–Crippen LogP) is 4.25. The van der Waals surface area contributed by atoms with E-state index in [1.165, 1.54) is 12.2 Å². The molecule has 4 atom stereocenters. The number of methoxy groups -OCH3 is 2. The smallest absolute Gasteiger partial charge is 0.438 e. The van der Waals surface area contributed by atoms with Gasteiger partial charge in [0, 0.05) is 0 Å². The number of nitrogens with zero attached hydrogens (tertiary/aromatic N) is 2. The molecule has 3 rings (SSSR count). The second-order valence-corrected chi connectivity index (χ2v) is 15.5. The van der Waals surface area contributed by atoms with Gasteiger partial charge in [0.15, 0.2) is 14.4 Å². The van der Waals surface area contributed by atoms with E-state index >= 15 is 0 Å². The molecule has 1 amide bonds. The number of hydrogen-bond donors (Lipinski definition) is 0. The minimum absolute atomic E-state index is 0.0585. The van der Waals surface area contributed by atoms with Gasteiger partial charge in [-0.25, -0.2) is 14.7 Å². The van der Waals surface area contributed by atoms with Crippen molar-refractivity contribution in [3.63, 3.8) is 0 Å². The van der Waals surface area contributed by atoms with Crippen molar-refractivity contribution in [2.45, 2.75) is 75.3 Å². The molecule has 1 heterocycles. The fourth-order valence-corrected chi connectivity index (χ4v) is 5.36. The Balaban J connectivity index is 2.13. The number of hydroxylamine groups is 2. The maximum atomic E-state index is 12.8. The minimum Gasteiger partial charge on any atom is -0.438 e. The summed E-state index contributed by atoms with van der Waals surface area (Å²) in [6.45, 7) is 9.89. The number of nitriles is 1. The van der Waals surface area contributed by atoms with Crippen LogP contribution in [0.2, 0.25) is 18.1 Å². The van der Waals surface area contributed by atoms with Crippen molar-refractivity contribution in [3.05, 3.63) is 48.0 Å². The third-order valence-corrected chi connectivity index (χ3v) is 11.7. The zero-order valence-corrected chi connectivity index (χ0v) is 23.7. The molecule has 1 saturated heterocycles. The number of hydrogen-bond acceptors (Lipinski definition) is 10. The molecule has 1 aromatic carbocycles. The van der Waals surface area contributed by atoms with Crippen LogP contribution in [0.25, 0.3) is 0 Å². The second-order valence-electron chi connectivity index (χ2n) is 10.7. The van der Waals surface area contributed by atoms with E-state index in [0.29, 0.717) is 0 Å². The number of rotatable bonds is 7. The molecule has 1 aliphatic carbocycles. The summed E-state index contributed by atoms with van der Waals surface area (Å²) in [5.41, 5.74) is -2.59. The lowest BCUT2D eigenvalue weighted by molar-refractivity contribution is -0.282. The van der Waals surface area contributed by atoms with Crippen LogP contribution in [-0.2, 0) is 39.6 Å². The number of carbonyl (C=O) groups excluding carboxylic acids is 3. The van der Waals surface area contributed by atoms with E-state index in [0.717, 1.165) is 24.8 Å². The van der Waals surface area contributed by atoms with Crippen LogP contribution in [0.15, 0.2) is 42.5 Å². The highest BCUT2D eigenvalue weighted by atomic mass is 28.4. The van der Waals surface area contributed by atoms with E-state index in [9.17, 15) is 19.6 Å². The average molecular weight is 547 g/mol. The van der Waals surface area contributed by atoms with E-state index in [-0.39, 0.29) is 24.0 Å². The summed E-state index contributed by atoms with van der Waals surface area (Å²) < 4.78 is 27.2. The third kappa shape index (κ3) is 5.40. The minimum atomic E-state index is -2.72. The van der Waals surface area contributed by atoms with Gasteiger partial charge in [-0.2, -0.15) is 5.26 Å². The van der Waals surface area contributed by atoms with Gasteiger partial charge in [-0.1, -0.05) is 57.2 Å². The van der Waals surface area contributed by atoms with Crippen LogP contribution in [0.5, 0.6) is 0 Å². The highest BCUT2D eigenvalue weighted by Gasteiger charge is 2.68. The molecule has 0 aromatic heterocycles. The molecule has 0 radical (unpaired) electrons. The van der Waals surface area contributed by atoms with Crippen LogP contribution >= 0.6 is 0 Å². The highest BCUT2D eigenvalue weighted by Crippen LogP contribution is 2.49. The van der Waals surface area contributed by atoms with Crippen LogP contribution in [-0.4, -0.2) is 69.2 Å². The quantitative estimate of drug-likeness (QED) is 0.211. The Hall–Kier alpha value is -3.40. The first-order valence-corrected chi connectivity index (χ1v) is 15.0. The summed E-state index contributed by atoms with van der Waals surface area (Å²) in [4.78, 5) is 43.5. The Bertz CT molecular complexity index is 1130. The zero-order chi connectivity index (χ0) is 28.4. The van der Waals surface area contributed by atoms with Gasteiger partial charge in [-0.05, 0) is 29.8 Å². The van der Waals surface area contributed by atoms with Gasteiger partial charge >= 0.3 is 12.3 Å². The summed E-state index contributed by atoms with van der Waals surface area (Å²) in [5, 5.41) is 11.1. The third-order valence-electron chi connectivity index (χ3n) is 7.26. The van der Waals surface area contributed by atoms with Crippen LogP contribution < -0.4 is 0 Å². The first-order valence-electron chi connectivity index (χ1n) is 12.1. The zero-order valence-electron chi connectivity index (χ0n) is 22.7. The Kier molecular flexibility index (Phi) is 8.26. The van der Waals surface area contributed by atoms with E-state index in [2.05, 4.69) is 4.74 Å². The van der Waals surface area contributed by atoms with Crippen molar-refractivity contribution >= 4 is 26.5 Å². The molecule has 0 bridgehead atoms. The largest absolute Gasteiger partial charge is 0.509 e. The summed E-state index contributed by atoms with van der Waals surface area (Å²) in [5.74, 6) is -0.367. The van der Waals surface area contributed by atoms with Crippen molar-refractivity contribution in [1.82, 2.24) is 5.06 Å². The van der Waals surface area contributed by atoms with E-state index in [1.807, 2.05) is 70.3 Å². The van der Waals surface area contributed by atoms with E-state index in [4.69, 9.17) is 23.5 Å². The number of benzene rings is 1. The molecule has 206 valence electrons. The normalized spacial score (nSPS) is 26.8. The maximum absolute atomic E-state index is 12.8. The van der Waals surface area contributed by atoms with Gasteiger partial charge in [0.2, 0.25) is 11.5 Å². The second kappa shape index (κ2) is 10.8. The van der Waals surface area contributed by atoms with Crippen LogP contribution in [0.4, 0.5) is 9.59 Å². The maximum Gasteiger partial charge on any atom is 0.509 e. The van der Waals surface area contributed by atoms with Crippen LogP contribution in [0.1, 0.15) is 32.8 Å². The predicted molar refractivity (Wildman–Crippen MR) is 136 cm³/mol. The Morgan fingerprint density at radius 1 is 1.08 bits per heavy atom. The first kappa shape index (κ1) is 29.2. The van der Waals surface area contributed by atoms with Crippen LogP contribution in [0.3, 0.4) is 0 Å². The Morgan fingerprint density at radius 2 is 1.71 bits per heavy atom. The summed E-state index contributed by atoms with van der Waals surface area (Å²) in [6.07, 6.45) is -2.19. The van der Waals surface area contributed by atoms with Crippen molar-refractivity contribution < 1.29 is 42.6 Å². The van der Waals surface area contributed by atoms with Gasteiger partial charge in [-0.3, -0.25) is 9.63 Å². The molecule has 2 aliphatic rings. The summed E-state index contributed by atoms with van der Waals surface area (Å²) in [6, 6.07) is 11.2. The van der Waals surface area contributed by atoms with Crippen molar-refractivity contribution in [2.75, 3.05) is 14.2 Å². The van der Waals surface area contributed by atoms with Crippen molar-refractivity contribution in [1.29, 1.82) is 5.26 Å².